The van der Waals surface area contributed by atoms with Gasteiger partial charge in [-0.2, -0.15) is 9.61 Å². The van der Waals surface area contributed by atoms with Crippen molar-refractivity contribution < 1.29 is 19.7 Å². The van der Waals surface area contributed by atoms with Crippen molar-refractivity contribution in [1.29, 1.82) is 0 Å². The van der Waals surface area contributed by atoms with Crippen LogP contribution in [0.5, 0.6) is 17.4 Å². The minimum atomic E-state index is -0.277. The summed E-state index contributed by atoms with van der Waals surface area (Å²) in [4.78, 5) is 7.60. The molecule has 8 nitrogen and oxygen atoms in total. The summed E-state index contributed by atoms with van der Waals surface area (Å²) < 4.78 is 12.5. The van der Waals surface area contributed by atoms with Gasteiger partial charge in [0.05, 0.1) is 31.2 Å². The number of aromatic hydroxyl groups is 1. The van der Waals surface area contributed by atoms with Gasteiger partial charge in [0.2, 0.25) is 10.8 Å². The number of aliphatic hydroxyl groups excluding tert-OH is 1. The molecule has 0 spiro atoms. The molecule has 0 saturated carbocycles. The Labute approximate surface area is 161 Å². The van der Waals surface area contributed by atoms with Gasteiger partial charge in [0.15, 0.2) is 11.5 Å². The van der Waals surface area contributed by atoms with Crippen LogP contribution in [-0.2, 0) is 0 Å². The van der Waals surface area contributed by atoms with Crippen molar-refractivity contribution in [1.82, 2.24) is 19.5 Å². The van der Waals surface area contributed by atoms with Gasteiger partial charge in [-0.3, -0.25) is 4.90 Å². The van der Waals surface area contributed by atoms with Gasteiger partial charge in [-0.25, -0.2) is 4.98 Å². The van der Waals surface area contributed by atoms with Crippen LogP contribution < -0.4 is 9.47 Å². The Kier molecular flexibility index (Phi) is 6.15. The summed E-state index contributed by atoms with van der Waals surface area (Å²) in [5.74, 6) is 1.35. The highest BCUT2D eigenvalue weighted by atomic mass is 32.1. The third-order valence-electron chi connectivity index (χ3n) is 4.35. The van der Waals surface area contributed by atoms with E-state index in [1.54, 1.807) is 7.11 Å². The molecule has 0 saturated heterocycles. The predicted octanol–water partition coefficient (Wildman–Crippen LogP) is 2.31. The SMILES string of the molecule is CCOc1cc(C(c2sc3ncnn3c2O)N(CC)CCO)ccc1OC. The maximum absolute atomic E-state index is 10.7. The molecule has 3 rings (SSSR count). The van der Waals surface area contributed by atoms with E-state index in [-0.39, 0.29) is 18.5 Å². The molecule has 2 N–H and O–H groups in total. The quantitative estimate of drug-likeness (QED) is 0.577. The molecule has 1 atom stereocenters. The number of fused-ring (bicyclic) bond motifs is 1. The Morgan fingerprint density at radius 2 is 2.11 bits per heavy atom. The standard InChI is InChI=1S/C18H24N4O4S/c1-4-21(8-9-23)15(16-17(24)22-18(27-16)19-11-20-22)12-6-7-13(25-3)14(10-12)26-5-2/h6-7,10-11,15,23-24H,4-5,8-9H2,1-3H3. The minimum Gasteiger partial charge on any atom is -0.493 e. The van der Waals surface area contributed by atoms with E-state index in [4.69, 9.17) is 9.47 Å². The number of thiazole rings is 1. The van der Waals surface area contributed by atoms with Crippen molar-refractivity contribution in [2.24, 2.45) is 0 Å². The summed E-state index contributed by atoms with van der Waals surface area (Å²) in [6, 6.07) is 5.44. The molecule has 1 aromatic carbocycles. The van der Waals surface area contributed by atoms with Crippen LogP contribution >= 0.6 is 11.3 Å². The van der Waals surface area contributed by atoms with Crippen molar-refractivity contribution >= 4 is 16.3 Å². The van der Waals surface area contributed by atoms with Crippen molar-refractivity contribution in [3.05, 3.63) is 35.0 Å². The first-order valence-electron chi connectivity index (χ1n) is 8.81. The number of methoxy groups -OCH3 is 1. The maximum atomic E-state index is 10.7. The van der Waals surface area contributed by atoms with Crippen LogP contribution in [0.2, 0.25) is 0 Å². The van der Waals surface area contributed by atoms with Crippen molar-refractivity contribution in [3.8, 4) is 17.4 Å². The number of nitrogens with zero attached hydrogens (tertiary/aromatic N) is 4. The second-order valence-electron chi connectivity index (χ2n) is 5.84. The number of likely N-dealkylation sites (N-methyl/N-ethyl adjacent to an activating group) is 1. The zero-order valence-electron chi connectivity index (χ0n) is 15.6. The highest BCUT2D eigenvalue weighted by Crippen LogP contribution is 2.41. The molecule has 0 aliphatic rings. The molecular weight excluding hydrogens is 368 g/mol. The normalized spacial score (nSPS) is 12.6. The Balaban J connectivity index is 2.13. The smallest absolute Gasteiger partial charge is 0.230 e. The summed E-state index contributed by atoms with van der Waals surface area (Å²) in [5, 5.41) is 24.3. The summed E-state index contributed by atoms with van der Waals surface area (Å²) in [5.41, 5.74) is 0.925. The van der Waals surface area contributed by atoms with Crippen molar-refractivity contribution in [2.45, 2.75) is 19.9 Å². The monoisotopic (exact) mass is 392 g/mol. The molecule has 0 radical (unpaired) electrons. The second-order valence-corrected chi connectivity index (χ2v) is 6.85. The van der Waals surface area contributed by atoms with E-state index < -0.39 is 0 Å². The molecule has 0 bridgehead atoms. The largest absolute Gasteiger partial charge is 0.493 e. The molecule has 3 aromatic rings. The molecule has 0 fully saturated rings. The molecule has 27 heavy (non-hydrogen) atoms. The number of hydrogen-bond acceptors (Lipinski definition) is 8. The topological polar surface area (TPSA) is 92.4 Å². The number of benzene rings is 1. The Morgan fingerprint density at radius 1 is 1.30 bits per heavy atom. The molecule has 2 aromatic heterocycles. The van der Waals surface area contributed by atoms with Crippen LogP contribution in [0.25, 0.3) is 4.96 Å². The number of aliphatic hydroxyl groups is 1. The van der Waals surface area contributed by atoms with Gasteiger partial charge in [-0.15, -0.1) is 0 Å². The molecule has 0 aliphatic heterocycles. The van der Waals surface area contributed by atoms with Crippen LogP contribution in [-0.4, -0.2) is 63.1 Å². The average molecular weight is 392 g/mol. The van der Waals surface area contributed by atoms with E-state index in [2.05, 4.69) is 15.0 Å². The van der Waals surface area contributed by atoms with Gasteiger partial charge in [0.25, 0.3) is 0 Å². The lowest BCUT2D eigenvalue weighted by Crippen LogP contribution is -2.31. The maximum Gasteiger partial charge on any atom is 0.230 e. The van der Waals surface area contributed by atoms with Crippen LogP contribution in [0.15, 0.2) is 24.5 Å². The fourth-order valence-electron chi connectivity index (χ4n) is 3.13. The van der Waals surface area contributed by atoms with Gasteiger partial charge < -0.3 is 19.7 Å². The highest BCUT2D eigenvalue weighted by molar-refractivity contribution is 7.17. The second kappa shape index (κ2) is 8.55. The zero-order chi connectivity index (χ0) is 19.4. The Hall–Kier alpha value is -2.36. The number of hydrogen-bond donors (Lipinski definition) is 2. The van der Waals surface area contributed by atoms with Gasteiger partial charge in [-0.05, 0) is 31.2 Å². The van der Waals surface area contributed by atoms with Crippen LogP contribution in [0.4, 0.5) is 0 Å². The number of ether oxygens (including phenoxy) is 2. The van der Waals surface area contributed by atoms with E-state index in [0.717, 1.165) is 5.56 Å². The summed E-state index contributed by atoms with van der Waals surface area (Å²) in [6.45, 7) is 5.61. The lowest BCUT2D eigenvalue weighted by Gasteiger charge is -2.30. The fourth-order valence-corrected chi connectivity index (χ4v) is 4.22. The number of aromatic nitrogens is 3. The molecule has 2 heterocycles. The lowest BCUT2D eigenvalue weighted by molar-refractivity contribution is 0.174. The lowest BCUT2D eigenvalue weighted by atomic mass is 10.0. The Morgan fingerprint density at radius 3 is 2.74 bits per heavy atom. The molecule has 9 heteroatoms. The van der Waals surface area contributed by atoms with Gasteiger partial charge >= 0.3 is 0 Å². The minimum absolute atomic E-state index is 0.0142. The molecule has 0 amide bonds. The first-order chi connectivity index (χ1) is 13.1. The van der Waals surface area contributed by atoms with Crippen LogP contribution in [0.3, 0.4) is 0 Å². The third kappa shape index (κ3) is 3.71. The van der Waals surface area contributed by atoms with Crippen molar-refractivity contribution in [2.75, 3.05) is 33.4 Å². The van der Waals surface area contributed by atoms with Crippen LogP contribution in [0, 0.1) is 0 Å². The van der Waals surface area contributed by atoms with E-state index in [1.165, 1.54) is 22.2 Å². The molecule has 0 aliphatic carbocycles. The summed E-state index contributed by atoms with van der Waals surface area (Å²) >= 11 is 1.38. The van der Waals surface area contributed by atoms with Gasteiger partial charge in [0.1, 0.15) is 6.33 Å². The molecule has 1 unspecified atom stereocenters. The summed E-state index contributed by atoms with van der Waals surface area (Å²) in [7, 11) is 1.60. The zero-order valence-corrected chi connectivity index (χ0v) is 16.4. The van der Waals surface area contributed by atoms with Crippen molar-refractivity contribution in [3.63, 3.8) is 0 Å². The average Bonchev–Trinajstić information content (AvgIpc) is 3.25. The Bertz CT molecular complexity index is 895. The first-order valence-corrected chi connectivity index (χ1v) is 9.63. The van der Waals surface area contributed by atoms with E-state index in [0.29, 0.717) is 41.0 Å². The highest BCUT2D eigenvalue weighted by Gasteiger charge is 2.29. The molecular formula is C18H24N4O4S. The third-order valence-corrected chi connectivity index (χ3v) is 5.44. The fraction of sp³-hybridized carbons (Fsp3) is 0.444. The van der Waals surface area contributed by atoms with E-state index >= 15 is 0 Å². The first kappa shape index (κ1) is 19.4. The van der Waals surface area contributed by atoms with E-state index in [9.17, 15) is 10.2 Å². The predicted molar refractivity (Wildman–Crippen MR) is 103 cm³/mol. The van der Waals surface area contributed by atoms with E-state index in [1.807, 2.05) is 32.0 Å². The van der Waals surface area contributed by atoms with Gasteiger partial charge in [0, 0.05) is 6.54 Å². The number of rotatable bonds is 9. The summed E-state index contributed by atoms with van der Waals surface area (Å²) in [6.07, 6.45) is 1.41. The van der Waals surface area contributed by atoms with Gasteiger partial charge in [-0.1, -0.05) is 24.3 Å². The molecule has 146 valence electrons. The van der Waals surface area contributed by atoms with Crippen LogP contribution in [0.1, 0.15) is 30.3 Å².